The van der Waals surface area contributed by atoms with Crippen LogP contribution in [0.25, 0.3) is 0 Å². The molecule has 0 radical (unpaired) electrons. The highest BCUT2D eigenvalue weighted by molar-refractivity contribution is 5.93. The van der Waals surface area contributed by atoms with Crippen molar-refractivity contribution in [2.45, 2.75) is 46.1 Å². The zero-order chi connectivity index (χ0) is 16.8. The van der Waals surface area contributed by atoms with Crippen LogP contribution in [-0.2, 0) is 9.59 Å². The molecule has 1 fully saturated rings. The lowest BCUT2D eigenvalue weighted by molar-refractivity contribution is -0.122. The highest BCUT2D eigenvalue weighted by Crippen LogP contribution is 2.27. The predicted octanol–water partition coefficient (Wildman–Crippen LogP) is 2.23. The van der Waals surface area contributed by atoms with Crippen LogP contribution in [0.4, 0.5) is 5.69 Å². The average molecular weight is 317 g/mol. The van der Waals surface area contributed by atoms with E-state index in [9.17, 15) is 9.59 Å². The molecule has 0 atom stereocenters. The van der Waals surface area contributed by atoms with Gasteiger partial charge in [-0.2, -0.15) is 0 Å². The second-order valence-electron chi connectivity index (χ2n) is 6.27. The van der Waals surface area contributed by atoms with Gasteiger partial charge >= 0.3 is 0 Å². The summed E-state index contributed by atoms with van der Waals surface area (Å²) in [4.78, 5) is 26.1. The Balaban J connectivity index is 1.88. The maximum atomic E-state index is 12.3. The Morgan fingerprint density at radius 2 is 1.96 bits per heavy atom. The van der Waals surface area contributed by atoms with Gasteiger partial charge in [0.2, 0.25) is 11.8 Å². The summed E-state index contributed by atoms with van der Waals surface area (Å²) in [5.41, 5.74) is 3.06. The number of anilines is 1. The number of nitrogens with zero attached hydrogens (tertiary/aromatic N) is 1. The quantitative estimate of drug-likeness (QED) is 0.773. The zero-order valence-electron chi connectivity index (χ0n) is 14.3. The van der Waals surface area contributed by atoms with E-state index in [0.29, 0.717) is 32.1 Å². The van der Waals surface area contributed by atoms with E-state index in [-0.39, 0.29) is 11.8 Å². The van der Waals surface area contributed by atoms with Gasteiger partial charge in [-0.15, -0.1) is 0 Å². The fourth-order valence-corrected chi connectivity index (χ4v) is 2.61. The summed E-state index contributed by atoms with van der Waals surface area (Å²) in [5, 5.41) is 5.80. The van der Waals surface area contributed by atoms with Crippen LogP contribution >= 0.6 is 0 Å². The number of aryl methyl sites for hydroxylation is 2. The van der Waals surface area contributed by atoms with Crippen LogP contribution in [0.3, 0.4) is 0 Å². The van der Waals surface area contributed by atoms with E-state index in [4.69, 9.17) is 0 Å². The number of benzene rings is 1. The Bertz CT molecular complexity index is 567. The predicted molar refractivity (Wildman–Crippen MR) is 92.4 cm³/mol. The van der Waals surface area contributed by atoms with Gasteiger partial charge in [0.15, 0.2) is 0 Å². The van der Waals surface area contributed by atoms with Crippen molar-refractivity contribution >= 4 is 17.5 Å². The molecule has 23 heavy (non-hydrogen) atoms. The van der Waals surface area contributed by atoms with Crippen molar-refractivity contribution in [1.82, 2.24) is 10.2 Å². The van der Waals surface area contributed by atoms with Gasteiger partial charge in [0.1, 0.15) is 0 Å². The average Bonchev–Trinajstić information content (AvgIpc) is 3.32. The summed E-state index contributed by atoms with van der Waals surface area (Å²) >= 11 is 0. The number of hydrogen-bond donors (Lipinski definition) is 2. The Labute approximate surface area is 138 Å². The van der Waals surface area contributed by atoms with Crippen LogP contribution in [-0.4, -0.2) is 42.4 Å². The Kier molecular flexibility index (Phi) is 6.16. The molecule has 1 aromatic rings. The van der Waals surface area contributed by atoms with Crippen LogP contribution in [0.2, 0.25) is 0 Å². The van der Waals surface area contributed by atoms with Crippen LogP contribution in [0.1, 0.15) is 37.3 Å². The lowest BCUT2D eigenvalue weighted by Crippen LogP contribution is -2.37. The van der Waals surface area contributed by atoms with Crippen molar-refractivity contribution in [3.05, 3.63) is 29.3 Å². The smallest absolute Gasteiger partial charge is 0.238 e. The fourth-order valence-electron chi connectivity index (χ4n) is 2.61. The highest BCUT2D eigenvalue weighted by Gasteiger charge is 2.30. The second kappa shape index (κ2) is 8.11. The lowest BCUT2D eigenvalue weighted by Gasteiger charge is -2.21. The minimum Gasteiger partial charge on any atom is -0.356 e. The molecule has 2 rings (SSSR count). The van der Waals surface area contributed by atoms with E-state index >= 15 is 0 Å². The third-order valence-corrected chi connectivity index (χ3v) is 4.08. The van der Waals surface area contributed by atoms with Gasteiger partial charge in [-0.1, -0.05) is 12.1 Å². The van der Waals surface area contributed by atoms with Crippen molar-refractivity contribution < 1.29 is 9.59 Å². The summed E-state index contributed by atoms with van der Waals surface area (Å²) < 4.78 is 0. The van der Waals surface area contributed by atoms with Gasteiger partial charge in [0, 0.05) is 31.2 Å². The Hall–Kier alpha value is -1.88. The molecule has 2 amide bonds. The van der Waals surface area contributed by atoms with Crippen molar-refractivity contribution in [3.8, 4) is 0 Å². The Morgan fingerprint density at radius 3 is 2.61 bits per heavy atom. The Morgan fingerprint density at radius 1 is 1.22 bits per heavy atom. The van der Waals surface area contributed by atoms with Gasteiger partial charge < -0.3 is 10.6 Å². The van der Waals surface area contributed by atoms with Crippen molar-refractivity contribution in [3.63, 3.8) is 0 Å². The maximum absolute atomic E-state index is 12.3. The zero-order valence-corrected chi connectivity index (χ0v) is 14.3. The van der Waals surface area contributed by atoms with Crippen LogP contribution in [0.5, 0.6) is 0 Å². The third kappa shape index (κ3) is 5.67. The van der Waals surface area contributed by atoms with Gasteiger partial charge in [-0.05, 0) is 50.8 Å². The molecule has 126 valence electrons. The molecule has 1 aromatic carbocycles. The normalized spacial score (nSPS) is 13.9. The van der Waals surface area contributed by atoms with E-state index in [0.717, 1.165) is 29.7 Å². The highest BCUT2D eigenvalue weighted by atomic mass is 16.2. The summed E-state index contributed by atoms with van der Waals surface area (Å²) in [6.45, 7) is 7.54. The number of nitrogens with one attached hydrogen (secondary N) is 2. The molecule has 0 saturated heterocycles. The molecule has 0 spiro atoms. The summed E-state index contributed by atoms with van der Waals surface area (Å²) in [5.74, 6) is 0.0367. The molecule has 5 nitrogen and oxygen atoms in total. The van der Waals surface area contributed by atoms with Crippen LogP contribution < -0.4 is 10.6 Å². The fraction of sp³-hybridized carbons (Fsp3) is 0.556. The van der Waals surface area contributed by atoms with Crippen LogP contribution in [0.15, 0.2) is 18.2 Å². The topological polar surface area (TPSA) is 61.4 Å². The molecule has 0 aromatic heterocycles. The standard InChI is InChI=1S/C18H27N3O2/c1-4-19-17(22)9-10-21(15-7-8-15)12-18(23)20-16-11-13(2)5-6-14(16)3/h5-6,11,15H,4,7-10,12H2,1-3H3,(H,19,22)(H,20,23). The second-order valence-corrected chi connectivity index (χ2v) is 6.27. The van der Waals surface area contributed by atoms with Crippen molar-refractivity contribution in [2.24, 2.45) is 0 Å². The maximum Gasteiger partial charge on any atom is 0.238 e. The first-order valence-electron chi connectivity index (χ1n) is 8.37. The summed E-state index contributed by atoms with van der Waals surface area (Å²) in [6, 6.07) is 6.49. The first kappa shape index (κ1) is 17.5. The molecule has 5 heteroatoms. The molecular formula is C18H27N3O2. The summed E-state index contributed by atoms with van der Waals surface area (Å²) in [6.07, 6.45) is 2.68. The minimum atomic E-state index is -0.0125. The number of amides is 2. The molecule has 2 N–H and O–H groups in total. The van der Waals surface area contributed by atoms with E-state index < -0.39 is 0 Å². The van der Waals surface area contributed by atoms with E-state index in [2.05, 4.69) is 15.5 Å². The van der Waals surface area contributed by atoms with E-state index in [1.54, 1.807) is 0 Å². The SMILES string of the molecule is CCNC(=O)CCN(CC(=O)Nc1cc(C)ccc1C)C1CC1. The molecule has 0 aliphatic heterocycles. The molecule has 1 aliphatic carbocycles. The number of carbonyl (C=O) groups excluding carboxylic acids is 2. The van der Waals surface area contributed by atoms with Gasteiger partial charge in [-0.3, -0.25) is 14.5 Å². The number of hydrogen-bond acceptors (Lipinski definition) is 3. The molecule has 0 bridgehead atoms. The molecule has 1 saturated carbocycles. The van der Waals surface area contributed by atoms with Gasteiger partial charge in [-0.25, -0.2) is 0 Å². The van der Waals surface area contributed by atoms with E-state index in [1.165, 1.54) is 0 Å². The molecule has 0 heterocycles. The first-order chi connectivity index (χ1) is 11.0. The minimum absolute atomic E-state index is 0.0125. The monoisotopic (exact) mass is 317 g/mol. The largest absolute Gasteiger partial charge is 0.356 e. The van der Waals surface area contributed by atoms with Gasteiger partial charge in [0.25, 0.3) is 0 Å². The van der Waals surface area contributed by atoms with Gasteiger partial charge in [0.05, 0.1) is 6.54 Å². The van der Waals surface area contributed by atoms with Crippen LogP contribution in [0, 0.1) is 13.8 Å². The third-order valence-electron chi connectivity index (χ3n) is 4.08. The first-order valence-corrected chi connectivity index (χ1v) is 8.37. The van der Waals surface area contributed by atoms with E-state index in [1.807, 2.05) is 39.0 Å². The van der Waals surface area contributed by atoms with Crippen molar-refractivity contribution in [2.75, 3.05) is 25.0 Å². The summed E-state index contributed by atoms with van der Waals surface area (Å²) in [7, 11) is 0. The molecule has 1 aliphatic rings. The van der Waals surface area contributed by atoms with Crippen molar-refractivity contribution in [1.29, 1.82) is 0 Å². The molecular weight excluding hydrogens is 290 g/mol. The number of carbonyl (C=O) groups is 2. The number of rotatable bonds is 8. The molecule has 0 unspecified atom stereocenters. The lowest BCUT2D eigenvalue weighted by atomic mass is 10.1.